The molecular formula is C13H8ClFN2O3. The smallest absolute Gasteiger partial charge is 0.283 e. The molecule has 0 unspecified atom stereocenters. The summed E-state index contributed by atoms with van der Waals surface area (Å²) in [5, 5.41) is 11.1. The van der Waals surface area contributed by atoms with Gasteiger partial charge in [-0.1, -0.05) is 11.6 Å². The van der Waals surface area contributed by atoms with Gasteiger partial charge in [-0.2, -0.15) is 0 Å². The molecule has 0 aliphatic heterocycles. The molecular weight excluding hydrogens is 287 g/mol. The van der Waals surface area contributed by atoms with Crippen LogP contribution in [0.3, 0.4) is 0 Å². The van der Waals surface area contributed by atoms with E-state index < -0.39 is 22.2 Å². The van der Waals surface area contributed by atoms with Crippen LogP contribution in [0.15, 0.2) is 36.7 Å². The molecule has 2 aromatic rings. The van der Waals surface area contributed by atoms with E-state index >= 15 is 0 Å². The van der Waals surface area contributed by atoms with Gasteiger partial charge in [-0.25, -0.2) is 4.39 Å². The summed E-state index contributed by atoms with van der Waals surface area (Å²) < 4.78 is 13.0. The molecule has 20 heavy (non-hydrogen) atoms. The predicted octanol–water partition coefficient (Wildman–Crippen LogP) is 3.21. The van der Waals surface area contributed by atoms with Gasteiger partial charge in [0.05, 0.1) is 21.6 Å². The highest BCUT2D eigenvalue weighted by molar-refractivity contribution is 6.31. The molecule has 0 N–H and O–H groups in total. The SMILES string of the molecule is O=C(Cc1ccncc1Cl)c1ccc(F)cc1[N+](=O)[O-]. The maximum Gasteiger partial charge on any atom is 0.283 e. The number of nitro benzene ring substituents is 1. The van der Waals surface area contributed by atoms with Crippen LogP contribution < -0.4 is 0 Å². The Bertz CT molecular complexity index is 691. The van der Waals surface area contributed by atoms with Gasteiger partial charge in [-0.3, -0.25) is 19.9 Å². The van der Waals surface area contributed by atoms with Crippen molar-refractivity contribution in [1.82, 2.24) is 4.98 Å². The molecule has 0 saturated carbocycles. The van der Waals surface area contributed by atoms with Gasteiger partial charge in [0, 0.05) is 18.8 Å². The highest BCUT2D eigenvalue weighted by Gasteiger charge is 2.21. The molecule has 0 atom stereocenters. The minimum absolute atomic E-state index is 0.117. The van der Waals surface area contributed by atoms with Crippen molar-refractivity contribution in [3.8, 4) is 0 Å². The number of nitrogens with zero attached hydrogens (tertiary/aromatic N) is 2. The number of pyridine rings is 1. The van der Waals surface area contributed by atoms with Crippen LogP contribution in [0.25, 0.3) is 0 Å². The molecule has 0 aliphatic rings. The van der Waals surface area contributed by atoms with Crippen LogP contribution in [0.5, 0.6) is 0 Å². The molecule has 0 spiro atoms. The molecule has 0 radical (unpaired) electrons. The van der Waals surface area contributed by atoms with Crippen molar-refractivity contribution in [2.75, 3.05) is 0 Å². The number of Topliss-reactive ketones (excluding diaryl/α,β-unsaturated/α-hetero) is 1. The van der Waals surface area contributed by atoms with E-state index in [0.29, 0.717) is 10.6 Å². The summed E-state index contributed by atoms with van der Waals surface area (Å²) in [5.74, 6) is -1.28. The first kappa shape index (κ1) is 14.1. The van der Waals surface area contributed by atoms with E-state index in [9.17, 15) is 19.3 Å². The van der Waals surface area contributed by atoms with Crippen LogP contribution in [0.2, 0.25) is 5.02 Å². The van der Waals surface area contributed by atoms with E-state index in [1.807, 2.05) is 0 Å². The molecule has 5 nitrogen and oxygen atoms in total. The van der Waals surface area contributed by atoms with E-state index in [-0.39, 0.29) is 12.0 Å². The zero-order chi connectivity index (χ0) is 14.7. The van der Waals surface area contributed by atoms with E-state index in [1.54, 1.807) is 6.07 Å². The third-order valence-corrected chi connectivity index (χ3v) is 3.00. The lowest BCUT2D eigenvalue weighted by Crippen LogP contribution is -2.08. The van der Waals surface area contributed by atoms with Crippen LogP contribution in [-0.2, 0) is 6.42 Å². The minimum Gasteiger partial charge on any atom is -0.294 e. The average Bonchev–Trinajstić information content (AvgIpc) is 2.41. The first-order valence-corrected chi connectivity index (χ1v) is 5.92. The molecule has 2 rings (SSSR count). The maximum atomic E-state index is 13.0. The fourth-order valence-corrected chi connectivity index (χ4v) is 1.89. The lowest BCUT2D eigenvalue weighted by Gasteiger charge is -2.04. The Hall–Kier alpha value is -2.34. The number of halogens is 2. The maximum absolute atomic E-state index is 13.0. The lowest BCUT2D eigenvalue weighted by molar-refractivity contribution is -0.385. The Morgan fingerprint density at radius 1 is 1.40 bits per heavy atom. The lowest BCUT2D eigenvalue weighted by atomic mass is 10.0. The second-order valence-electron chi connectivity index (χ2n) is 3.99. The van der Waals surface area contributed by atoms with Gasteiger partial charge in [0.15, 0.2) is 5.78 Å². The number of hydrogen-bond acceptors (Lipinski definition) is 4. The Kier molecular flexibility index (Phi) is 4.05. The highest BCUT2D eigenvalue weighted by Crippen LogP contribution is 2.23. The van der Waals surface area contributed by atoms with Crippen molar-refractivity contribution >= 4 is 23.1 Å². The fourth-order valence-electron chi connectivity index (χ4n) is 1.71. The largest absolute Gasteiger partial charge is 0.294 e. The van der Waals surface area contributed by atoms with E-state index in [2.05, 4.69) is 4.98 Å². The molecule has 102 valence electrons. The molecule has 0 bridgehead atoms. The summed E-state index contributed by atoms with van der Waals surface area (Å²) in [7, 11) is 0. The Balaban J connectivity index is 2.35. The Morgan fingerprint density at radius 3 is 2.80 bits per heavy atom. The first-order chi connectivity index (χ1) is 9.49. The van der Waals surface area contributed by atoms with Crippen LogP contribution in [0, 0.1) is 15.9 Å². The zero-order valence-electron chi connectivity index (χ0n) is 10.0. The van der Waals surface area contributed by atoms with Crippen LogP contribution >= 0.6 is 11.6 Å². The van der Waals surface area contributed by atoms with Crippen molar-refractivity contribution < 1.29 is 14.1 Å². The monoisotopic (exact) mass is 294 g/mol. The first-order valence-electron chi connectivity index (χ1n) is 5.54. The molecule has 1 aromatic heterocycles. The van der Waals surface area contributed by atoms with Gasteiger partial charge in [0.2, 0.25) is 0 Å². The van der Waals surface area contributed by atoms with Gasteiger partial charge < -0.3 is 0 Å². The van der Waals surface area contributed by atoms with Crippen LogP contribution in [-0.4, -0.2) is 15.7 Å². The summed E-state index contributed by atoms with van der Waals surface area (Å²) in [6, 6.07) is 4.39. The van der Waals surface area contributed by atoms with E-state index in [1.165, 1.54) is 12.4 Å². The third-order valence-electron chi connectivity index (χ3n) is 2.66. The number of nitro groups is 1. The van der Waals surface area contributed by atoms with E-state index in [0.717, 1.165) is 18.2 Å². The van der Waals surface area contributed by atoms with Crippen LogP contribution in [0.1, 0.15) is 15.9 Å². The van der Waals surface area contributed by atoms with Gasteiger partial charge in [-0.05, 0) is 23.8 Å². The fraction of sp³-hybridized carbons (Fsp3) is 0.0769. The average molecular weight is 295 g/mol. The van der Waals surface area contributed by atoms with Crippen LogP contribution in [0.4, 0.5) is 10.1 Å². The van der Waals surface area contributed by atoms with Crippen molar-refractivity contribution in [2.45, 2.75) is 6.42 Å². The van der Waals surface area contributed by atoms with E-state index in [4.69, 9.17) is 11.6 Å². The molecule has 0 amide bonds. The zero-order valence-corrected chi connectivity index (χ0v) is 10.8. The number of aromatic nitrogens is 1. The second kappa shape index (κ2) is 5.75. The van der Waals surface area contributed by atoms with Gasteiger partial charge in [0.25, 0.3) is 5.69 Å². The Morgan fingerprint density at radius 2 is 2.15 bits per heavy atom. The van der Waals surface area contributed by atoms with Gasteiger partial charge in [0.1, 0.15) is 5.82 Å². The van der Waals surface area contributed by atoms with Crippen molar-refractivity contribution in [1.29, 1.82) is 0 Å². The highest BCUT2D eigenvalue weighted by atomic mass is 35.5. The summed E-state index contributed by atoms with van der Waals surface area (Å²) >= 11 is 5.87. The molecule has 0 fully saturated rings. The molecule has 1 aromatic carbocycles. The number of rotatable bonds is 4. The number of carbonyl (C=O) groups is 1. The predicted molar refractivity (Wildman–Crippen MR) is 70.3 cm³/mol. The number of hydrogen-bond donors (Lipinski definition) is 0. The molecule has 1 heterocycles. The minimum atomic E-state index is -0.787. The molecule has 0 saturated heterocycles. The second-order valence-corrected chi connectivity index (χ2v) is 4.39. The Labute approximate surface area is 118 Å². The van der Waals surface area contributed by atoms with Gasteiger partial charge in [-0.15, -0.1) is 0 Å². The van der Waals surface area contributed by atoms with Crippen molar-refractivity contribution in [3.63, 3.8) is 0 Å². The normalized spacial score (nSPS) is 10.3. The van der Waals surface area contributed by atoms with Gasteiger partial charge >= 0.3 is 0 Å². The number of carbonyl (C=O) groups excluding carboxylic acids is 1. The summed E-state index contributed by atoms with van der Waals surface area (Å²) in [4.78, 5) is 25.9. The molecule has 7 heteroatoms. The topological polar surface area (TPSA) is 73.1 Å². The quantitative estimate of drug-likeness (QED) is 0.493. The van der Waals surface area contributed by atoms with Crippen molar-refractivity contribution in [3.05, 3.63) is 68.7 Å². The number of benzene rings is 1. The third kappa shape index (κ3) is 2.97. The standard InChI is InChI=1S/C13H8ClFN2O3/c14-11-7-16-4-3-8(11)5-13(18)10-2-1-9(15)6-12(10)17(19)20/h1-4,6-7H,5H2. The number of ketones is 1. The summed E-state index contributed by atoms with van der Waals surface area (Å²) in [5.41, 5.74) is -0.199. The summed E-state index contributed by atoms with van der Waals surface area (Å²) in [6.07, 6.45) is 2.73. The molecule has 0 aliphatic carbocycles. The van der Waals surface area contributed by atoms with Crippen molar-refractivity contribution in [2.24, 2.45) is 0 Å². The summed E-state index contributed by atoms with van der Waals surface area (Å²) in [6.45, 7) is 0.